The van der Waals surface area contributed by atoms with Gasteiger partial charge in [0.1, 0.15) is 0 Å². The predicted molar refractivity (Wildman–Crippen MR) is 58.1 cm³/mol. The van der Waals surface area contributed by atoms with Gasteiger partial charge < -0.3 is 5.73 Å². The summed E-state index contributed by atoms with van der Waals surface area (Å²) in [5.74, 6) is 0.148. The van der Waals surface area contributed by atoms with Crippen molar-refractivity contribution in [2.45, 2.75) is 39.5 Å². The number of rotatable bonds is 4. The number of urea groups is 1. The van der Waals surface area contributed by atoms with Crippen molar-refractivity contribution < 1.29 is 9.59 Å². The zero-order valence-electron chi connectivity index (χ0n) is 9.53. The Morgan fingerprint density at radius 2 is 2.20 bits per heavy atom. The third kappa shape index (κ3) is 2.70. The van der Waals surface area contributed by atoms with Crippen molar-refractivity contribution in [3.05, 3.63) is 0 Å². The Balaban J connectivity index is 2.48. The molecule has 4 heteroatoms. The number of carbonyl (C=O) groups excluding carboxylic acids is 2. The van der Waals surface area contributed by atoms with Crippen molar-refractivity contribution in [3.8, 4) is 0 Å². The Morgan fingerprint density at radius 1 is 1.53 bits per heavy atom. The molecule has 1 aliphatic heterocycles. The molecule has 1 fully saturated rings. The van der Waals surface area contributed by atoms with Crippen molar-refractivity contribution in [2.75, 3.05) is 6.54 Å². The number of imide groups is 1. The maximum absolute atomic E-state index is 11.6. The molecule has 3 amide bonds. The van der Waals surface area contributed by atoms with Gasteiger partial charge in [0, 0.05) is 12.5 Å². The van der Waals surface area contributed by atoms with Gasteiger partial charge in [0.05, 0.1) is 0 Å². The average Bonchev–Trinajstić information content (AvgIpc) is 2.46. The molecule has 15 heavy (non-hydrogen) atoms. The highest BCUT2D eigenvalue weighted by molar-refractivity contribution is 5.96. The van der Waals surface area contributed by atoms with Crippen LogP contribution in [0.3, 0.4) is 0 Å². The summed E-state index contributed by atoms with van der Waals surface area (Å²) in [6.45, 7) is 4.56. The zero-order valence-corrected chi connectivity index (χ0v) is 9.53. The molecular weight excluding hydrogens is 192 g/mol. The third-order valence-corrected chi connectivity index (χ3v) is 3.22. The van der Waals surface area contributed by atoms with Crippen LogP contribution in [0.2, 0.25) is 0 Å². The number of hydrogen-bond acceptors (Lipinski definition) is 2. The summed E-state index contributed by atoms with van der Waals surface area (Å²) in [4.78, 5) is 23.8. The van der Waals surface area contributed by atoms with E-state index in [1.54, 1.807) is 0 Å². The van der Waals surface area contributed by atoms with Crippen LogP contribution >= 0.6 is 0 Å². The van der Waals surface area contributed by atoms with Crippen molar-refractivity contribution in [1.82, 2.24) is 4.90 Å². The van der Waals surface area contributed by atoms with Gasteiger partial charge in [0.25, 0.3) is 0 Å². The van der Waals surface area contributed by atoms with E-state index in [9.17, 15) is 9.59 Å². The molecule has 1 heterocycles. The van der Waals surface area contributed by atoms with Gasteiger partial charge in [-0.15, -0.1) is 0 Å². The van der Waals surface area contributed by atoms with E-state index >= 15 is 0 Å². The van der Waals surface area contributed by atoms with E-state index in [1.165, 1.54) is 17.7 Å². The first-order valence-electron chi connectivity index (χ1n) is 5.68. The molecule has 0 aromatic rings. The molecule has 0 aliphatic carbocycles. The van der Waals surface area contributed by atoms with Crippen LogP contribution in [0.5, 0.6) is 0 Å². The molecule has 0 saturated carbocycles. The topological polar surface area (TPSA) is 63.4 Å². The molecule has 0 aromatic carbocycles. The van der Waals surface area contributed by atoms with Gasteiger partial charge in [-0.25, -0.2) is 4.79 Å². The van der Waals surface area contributed by atoms with Gasteiger partial charge in [0.15, 0.2) is 0 Å². The normalized spacial score (nSPS) is 26.0. The molecule has 4 nitrogen and oxygen atoms in total. The lowest BCUT2D eigenvalue weighted by molar-refractivity contribution is -0.128. The molecule has 2 unspecified atom stereocenters. The van der Waals surface area contributed by atoms with Gasteiger partial charge in [0.2, 0.25) is 5.91 Å². The second-order valence-electron chi connectivity index (χ2n) is 4.33. The number of unbranched alkanes of at least 4 members (excludes halogenated alkanes) is 2. The van der Waals surface area contributed by atoms with Crippen LogP contribution in [-0.2, 0) is 4.79 Å². The molecule has 86 valence electrons. The number of nitrogens with zero attached hydrogens (tertiary/aromatic N) is 1. The Kier molecular flexibility index (Phi) is 4.12. The number of likely N-dealkylation sites (tertiary alicyclic amines) is 1. The van der Waals surface area contributed by atoms with Crippen LogP contribution in [0.4, 0.5) is 4.79 Å². The van der Waals surface area contributed by atoms with E-state index in [0.717, 1.165) is 12.8 Å². The maximum atomic E-state index is 11.6. The number of carbonyl (C=O) groups is 2. The highest BCUT2D eigenvalue weighted by Gasteiger charge is 2.38. The summed E-state index contributed by atoms with van der Waals surface area (Å²) in [5.41, 5.74) is 5.13. The number of amides is 3. The van der Waals surface area contributed by atoms with E-state index in [1.807, 2.05) is 6.92 Å². The molecule has 0 bridgehead atoms. The van der Waals surface area contributed by atoms with E-state index < -0.39 is 6.03 Å². The average molecular weight is 212 g/mol. The van der Waals surface area contributed by atoms with Crippen LogP contribution in [0.25, 0.3) is 0 Å². The van der Waals surface area contributed by atoms with Gasteiger partial charge in [-0.3, -0.25) is 9.69 Å². The summed E-state index contributed by atoms with van der Waals surface area (Å²) in [6.07, 6.45) is 4.51. The van der Waals surface area contributed by atoms with E-state index in [-0.39, 0.29) is 11.8 Å². The number of primary amides is 1. The zero-order chi connectivity index (χ0) is 11.4. The smallest absolute Gasteiger partial charge is 0.321 e. The standard InChI is InChI=1S/C11H20N2O2/c1-3-4-5-6-9-7-13(11(12)15)10(14)8(9)2/h8-9H,3-7H2,1-2H3,(H2,12,15). The molecule has 0 spiro atoms. The summed E-state index contributed by atoms with van der Waals surface area (Å²) in [5, 5.41) is 0. The van der Waals surface area contributed by atoms with Crippen molar-refractivity contribution in [1.29, 1.82) is 0 Å². The Labute approximate surface area is 90.8 Å². The van der Waals surface area contributed by atoms with Crippen LogP contribution in [0.1, 0.15) is 39.5 Å². The number of nitrogens with two attached hydrogens (primary N) is 1. The fourth-order valence-corrected chi connectivity index (χ4v) is 2.13. The first kappa shape index (κ1) is 12.0. The third-order valence-electron chi connectivity index (χ3n) is 3.22. The minimum absolute atomic E-state index is 0.0469. The fraction of sp³-hybridized carbons (Fsp3) is 0.818. The highest BCUT2D eigenvalue weighted by atomic mass is 16.2. The fourth-order valence-electron chi connectivity index (χ4n) is 2.13. The Hall–Kier alpha value is -1.06. The summed E-state index contributed by atoms with van der Waals surface area (Å²) in [6, 6.07) is -0.607. The monoisotopic (exact) mass is 212 g/mol. The first-order valence-corrected chi connectivity index (χ1v) is 5.68. The van der Waals surface area contributed by atoms with Crippen LogP contribution in [-0.4, -0.2) is 23.4 Å². The lowest BCUT2D eigenvalue weighted by Crippen LogP contribution is -2.37. The first-order chi connectivity index (χ1) is 7.07. The molecular formula is C11H20N2O2. The Bertz CT molecular complexity index is 253. The molecule has 0 aromatic heterocycles. The highest BCUT2D eigenvalue weighted by Crippen LogP contribution is 2.28. The molecule has 1 aliphatic rings. The van der Waals surface area contributed by atoms with E-state index in [4.69, 9.17) is 5.73 Å². The van der Waals surface area contributed by atoms with Gasteiger partial charge in [-0.1, -0.05) is 33.1 Å². The molecule has 2 atom stereocenters. The summed E-state index contributed by atoms with van der Waals surface area (Å²) < 4.78 is 0. The van der Waals surface area contributed by atoms with Crippen molar-refractivity contribution in [2.24, 2.45) is 17.6 Å². The van der Waals surface area contributed by atoms with Gasteiger partial charge >= 0.3 is 6.03 Å². The second kappa shape index (κ2) is 5.14. The molecule has 2 N–H and O–H groups in total. The van der Waals surface area contributed by atoms with Gasteiger partial charge in [-0.05, 0) is 12.3 Å². The van der Waals surface area contributed by atoms with Gasteiger partial charge in [-0.2, -0.15) is 0 Å². The lowest BCUT2D eigenvalue weighted by atomic mass is 9.92. The SMILES string of the molecule is CCCCCC1CN(C(N)=O)C(=O)C1C. The quantitative estimate of drug-likeness (QED) is 0.721. The summed E-state index contributed by atoms with van der Waals surface area (Å²) in [7, 11) is 0. The summed E-state index contributed by atoms with van der Waals surface area (Å²) >= 11 is 0. The van der Waals surface area contributed by atoms with E-state index in [0.29, 0.717) is 12.5 Å². The predicted octanol–water partition coefficient (Wildman–Crippen LogP) is 1.74. The second-order valence-corrected chi connectivity index (χ2v) is 4.33. The van der Waals surface area contributed by atoms with E-state index in [2.05, 4.69) is 6.92 Å². The van der Waals surface area contributed by atoms with Crippen LogP contribution < -0.4 is 5.73 Å². The molecule has 1 saturated heterocycles. The minimum atomic E-state index is -0.607. The minimum Gasteiger partial charge on any atom is -0.351 e. The largest absolute Gasteiger partial charge is 0.351 e. The van der Waals surface area contributed by atoms with Crippen LogP contribution in [0.15, 0.2) is 0 Å². The molecule has 0 radical (unpaired) electrons. The van der Waals surface area contributed by atoms with Crippen LogP contribution in [0, 0.1) is 11.8 Å². The van der Waals surface area contributed by atoms with Crippen molar-refractivity contribution in [3.63, 3.8) is 0 Å². The molecule has 1 rings (SSSR count). The number of hydrogen-bond donors (Lipinski definition) is 1. The Morgan fingerprint density at radius 3 is 2.67 bits per heavy atom. The lowest BCUT2D eigenvalue weighted by Gasteiger charge is -2.11. The van der Waals surface area contributed by atoms with Crippen molar-refractivity contribution >= 4 is 11.9 Å². The maximum Gasteiger partial charge on any atom is 0.321 e.